The molecule has 0 atom stereocenters. The van der Waals surface area contributed by atoms with Crippen molar-refractivity contribution in [1.29, 1.82) is 0 Å². The van der Waals surface area contributed by atoms with E-state index in [1.807, 2.05) is 36.4 Å². The molecule has 1 rings (SSSR count). The lowest BCUT2D eigenvalue weighted by atomic mass is 10.2. The van der Waals surface area contributed by atoms with Gasteiger partial charge in [0.05, 0.1) is 6.61 Å². The van der Waals surface area contributed by atoms with Gasteiger partial charge < -0.3 is 15.8 Å². The topological polar surface area (TPSA) is 64.4 Å². The molecule has 0 aliphatic rings. The smallest absolute Gasteiger partial charge is 0.243 e. The minimum absolute atomic E-state index is 0.0124. The first-order valence-electron chi connectivity index (χ1n) is 5.57. The van der Waals surface area contributed by atoms with Crippen molar-refractivity contribution in [3.05, 3.63) is 42.0 Å². The van der Waals surface area contributed by atoms with E-state index in [1.54, 1.807) is 0 Å². The molecule has 92 valence electrons. The van der Waals surface area contributed by atoms with E-state index in [-0.39, 0.29) is 6.61 Å². The molecule has 0 radical (unpaired) electrons. The van der Waals surface area contributed by atoms with Crippen molar-refractivity contribution >= 4 is 12.0 Å². The molecule has 0 aliphatic heterocycles. The summed E-state index contributed by atoms with van der Waals surface area (Å²) in [5.41, 5.74) is 6.10. The van der Waals surface area contributed by atoms with E-state index in [0.29, 0.717) is 13.2 Å². The number of hydrogen-bond acceptors (Lipinski definition) is 3. The van der Waals surface area contributed by atoms with E-state index >= 15 is 0 Å². The van der Waals surface area contributed by atoms with Crippen LogP contribution < -0.4 is 11.1 Å². The fraction of sp³-hybridized carbons (Fsp3) is 0.308. The summed E-state index contributed by atoms with van der Waals surface area (Å²) in [6.45, 7) is 1.95. The Bertz CT molecular complexity index is 350. The van der Waals surface area contributed by atoms with Crippen LogP contribution in [0.1, 0.15) is 5.56 Å². The number of carbonyl (C=O) groups is 1. The van der Waals surface area contributed by atoms with Crippen LogP contribution in [0.5, 0.6) is 0 Å². The zero-order valence-electron chi connectivity index (χ0n) is 9.76. The molecule has 0 unspecified atom stereocenters. The molecule has 4 heteroatoms. The average molecular weight is 234 g/mol. The summed E-state index contributed by atoms with van der Waals surface area (Å²) in [5.74, 6) is -0.436. The second kappa shape index (κ2) is 8.50. The van der Waals surface area contributed by atoms with Crippen molar-refractivity contribution in [2.75, 3.05) is 26.3 Å². The fourth-order valence-electron chi connectivity index (χ4n) is 1.26. The Morgan fingerprint density at radius 1 is 1.35 bits per heavy atom. The molecule has 0 fully saturated rings. The molecule has 0 spiro atoms. The fourth-order valence-corrected chi connectivity index (χ4v) is 1.26. The Hall–Kier alpha value is -1.65. The highest BCUT2D eigenvalue weighted by molar-refractivity contribution is 5.74. The number of benzene rings is 1. The van der Waals surface area contributed by atoms with Crippen LogP contribution >= 0.6 is 0 Å². The summed E-state index contributed by atoms with van der Waals surface area (Å²) in [4.78, 5) is 10.4. The number of nitrogens with two attached hydrogens (primary N) is 1. The predicted molar refractivity (Wildman–Crippen MR) is 68.4 cm³/mol. The first-order chi connectivity index (χ1) is 8.29. The van der Waals surface area contributed by atoms with Crippen molar-refractivity contribution < 1.29 is 9.53 Å². The van der Waals surface area contributed by atoms with Gasteiger partial charge in [-0.05, 0) is 5.56 Å². The largest absolute Gasteiger partial charge is 0.370 e. The maximum atomic E-state index is 10.4. The SMILES string of the molecule is NC(=O)COCCNC/C=C/c1ccccc1. The van der Waals surface area contributed by atoms with Crippen molar-refractivity contribution in [2.24, 2.45) is 5.73 Å². The number of ether oxygens (including phenoxy) is 1. The van der Waals surface area contributed by atoms with Crippen LogP contribution in [0.25, 0.3) is 6.08 Å². The second-order valence-corrected chi connectivity index (χ2v) is 3.54. The van der Waals surface area contributed by atoms with Gasteiger partial charge in [0.1, 0.15) is 6.61 Å². The number of carbonyl (C=O) groups excluding carboxylic acids is 1. The van der Waals surface area contributed by atoms with Gasteiger partial charge in [-0.3, -0.25) is 4.79 Å². The van der Waals surface area contributed by atoms with Gasteiger partial charge in [-0.2, -0.15) is 0 Å². The minimum Gasteiger partial charge on any atom is -0.370 e. The number of rotatable bonds is 8. The highest BCUT2D eigenvalue weighted by Crippen LogP contribution is 1.99. The van der Waals surface area contributed by atoms with Crippen LogP contribution in [0.2, 0.25) is 0 Å². The van der Waals surface area contributed by atoms with Crippen LogP contribution in [0.4, 0.5) is 0 Å². The number of hydrogen-bond donors (Lipinski definition) is 2. The molecular weight excluding hydrogens is 216 g/mol. The predicted octanol–water partition coefficient (Wildman–Crippen LogP) is 0.791. The number of nitrogens with one attached hydrogen (secondary N) is 1. The van der Waals surface area contributed by atoms with Gasteiger partial charge in [-0.15, -0.1) is 0 Å². The molecule has 4 nitrogen and oxygen atoms in total. The molecule has 1 amide bonds. The van der Waals surface area contributed by atoms with Gasteiger partial charge in [0.25, 0.3) is 0 Å². The van der Waals surface area contributed by atoms with Gasteiger partial charge in [0.15, 0.2) is 0 Å². The van der Waals surface area contributed by atoms with Crippen LogP contribution in [0.3, 0.4) is 0 Å². The summed E-state index contributed by atoms with van der Waals surface area (Å²) in [6, 6.07) is 10.1. The van der Waals surface area contributed by atoms with Gasteiger partial charge >= 0.3 is 0 Å². The molecule has 1 aromatic carbocycles. The monoisotopic (exact) mass is 234 g/mol. The molecule has 0 saturated carbocycles. The van der Waals surface area contributed by atoms with E-state index in [2.05, 4.69) is 11.4 Å². The van der Waals surface area contributed by atoms with Gasteiger partial charge in [0, 0.05) is 13.1 Å². The van der Waals surface area contributed by atoms with Crippen molar-refractivity contribution in [3.8, 4) is 0 Å². The van der Waals surface area contributed by atoms with Crippen LogP contribution in [0.15, 0.2) is 36.4 Å². The van der Waals surface area contributed by atoms with E-state index < -0.39 is 5.91 Å². The van der Waals surface area contributed by atoms with E-state index in [0.717, 1.165) is 6.54 Å². The average Bonchev–Trinajstić information content (AvgIpc) is 2.33. The van der Waals surface area contributed by atoms with Crippen LogP contribution in [0, 0.1) is 0 Å². The van der Waals surface area contributed by atoms with Crippen molar-refractivity contribution in [2.45, 2.75) is 0 Å². The lowest BCUT2D eigenvalue weighted by Gasteiger charge is -2.01. The summed E-state index contributed by atoms with van der Waals surface area (Å²) in [6.07, 6.45) is 4.10. The maximum absolute atomic E-state index is 10.4. The Morgan fingerprint density at radius 3 is 2.82 bits per heavy atom. The standard InChI is InChI=1S/C13H18N2O2/c14-13(16)11-17-10-9-15-8-4-7-12-5-2-1-3-6-12/h1-7,15H,8-11H2,(H2,14,16)/b7-4+. The highest BCUT2D eigenvalue weighted by atomic mass is 16.5. The zero-order chi connectivity index (χ0) is 12.3. The van der Waals surface area contributed by atoms with E-state index in [9.17, 15) is 4.79 Å². The normalized spacial score (nSPS) is 10.8. The molecule has 0 aliphatic carbocycles. The van der Waals surface area contributed by atoms with E-state index in [1.165, 1.54) is 5.56 Å². The summed E-state index contributed by atoms with van der Waals surface area (Å²) in [5, 5.41) is 3.17. The molecule has 0 heterocycles. The molecular formula is C13H18N2O2. The minimum atomic E-state index is -0.436. The molecule has 3 N–H and O–H groups in total. The third kappa shape index (κ3) is 7.27. The third-order valence-corrected chi connectivity index (χ3v) is 2.04. The number of primary amides is 1. The van der Waals surface area contributed by atoms with Gasteiger partial charge in [-0.1, -0.05) is 42.5 Å². The summed E-state index contributed by atoms with van der Waals surface area (Å²) >= 11 is 0. The van der Waals surface area contributed by atoms with E-state index in [4.69, 9.17) is 10.5 Å². The summed E-state index contributed by atoms with van der Waals surface area (Å²) in [7, 11) is 0. The lowest BCUT2D eigenvalue weighted by Crippen LogP contribution is -2.24. The lowest BCUT2D eigenvalue weighted by molar-refractivity contribution is -0.122. The Morgan fingerprint density at radius 2 is 2.12 bits per heavy atom. The molecule has 0 aromatic heterocycles. The first-order valence-corrected chi connectivity index (χ1v) is 5.57. The molecule has 1 aromatic rings. The second-order valence-electron chi connectivity index (χ2n) is 3.54. The van der Waals surface area contributed by atoms with Crippen molar-refractivity contribution in [1.82, 2.24) is 5.32 Å². The Kier molecular flexibility index (Phi) is 6.70. The Labute approximate surface area is 101 Å². The molecule has 0 saturated heterocycles. The zero-order valence-corrected chi connectivity index (χ0v) is 9.76. The van der Waals surface area contributed by atoms with Gasteiger partial charge in [0.2, 0.25) is 5.91 Å². The van der Waals surface area contributed by atoms with Crippen LogP contribution in [-0.2, 0) is 9.53 Å². The number of amides is 1. The van der Waals surface area contributed by atoms with Crippen molar-refractivity contribution in [3.63, 3.8) is 0 Å². The first kappa shape index (κ1) is 13.4. The van der Waals surface area contributed by atoms with Gasteiger partial charge in [-0.25, -0.2) is 0 Å². The quantitative estimate of drug-likeness (QED) is 0.654. The highest BCUT2D eigenvalue weighted by Gasteiger charge is 1.92. The molecule has 17 heavy (non-hydrogen) atoms. The maximum Gasteiger partial charge on any atom is 0.243 e. The summed E-state index contributed by atoms with van der Waals surface area (Å²) < 4.78 is 5.00. The van der Waals surface area contributed by atoms with Crippen LogP contribution in [-0.4, -0.2) is 32.2 Å². The molecule has 0 bridgehead atoms. The third-order valence-electron chi connectivity index (χ3n) is 2.04. The Balaban J connectivity index is 2.01.